The fraction of sp³-hybridized carbons (Fsp3) is 0.556. The number of halogens is 1. The summed E-state index contributed by atoms with van der Waals surface area (Å²) >= 11 is 5.67. The first-order valence-corrected chi connectivity index (χ1v) is 4.87. The number of aromatic nitrogens is 2. The van der Waals surface area contributed by atoms with Crippen molar-refractivity contribution in [1.29, 1.82) is 0 Å². The number of rotatable bonds is 2. The second-order valence-corrected chi connectivity index (χ2v) is 3.57. The predicted octanol–water partition coefficient (Wildman–Crippen LogP) is 1.61. The Kier molecular flexibility index (Phi) is 2.84. The third-order valence-electron chi connectivity index (χ3n) is 2.06. The summed E-state index contributed by atoms with van der Waals surface area (Å²) in [5.41, 5.74) is 0.890. The van der Waals surface area contributed by atoms with Gasteiger partial charge in [-0.2, -0.15) is 4.98 Å². The largest absolute Gasteiger partial charge is 0.472 e. The van der Waals surface area contributed by atoms with E-state index in [0.29, 0.717) is 12.5 Å². The highest BCUT2D eigenvalue weighted by atomic mass is 35.5. The standard InChI is InChI=1S/C9H11ClN2O2/c1-6-4-11-9(10)12-8(6)14-7-2-3-13-5-7/h4,7H,2-3,5H2,1H3. The highest BCUT2D eigenvalue weighted by molar-refractivity contribution is 6.28. The van der Waals surface area contributed by atoms with E-state index < -0.39 is 0 Å². The van der Waals surface area contributed by atoms with Crippen molar-refractivity contribution in [3.8, 4) is 5.88 Å². The van der Waals surface area contributed by atoms with Crippen LogP contribution >= 0.6 is 11.6 Å². The molecular weight excluding hydrogens is 204 g/mol. The summed E-state index contributed by atoms with van der Waals surface area (Å²) in [6.07, 6.45) is 2.65. The summed E-state index contributed by atoms with van der Waals surface area (Å²) in [4.78, 5) is 7.87. The van der Waals surface area contributed by atoms with Crippen LogP contribution in [-0.4, -0.2) is 29.3 Å². The molecule has 0 spiro atoms. The average Bonchev–Trinajstić information content (AvgIpc) is 2.64. The lowest BCUT2D eigenvalue weighted by molar-refractivity contribution is 0.137. The molecule has 1 fully saturated rings. The molecule has 0 aromatic carbocycles. The summed E-state index contributed by atoms with van der Waals surface area (Å²) in [5.74, 6) is 0.556. The Bertz CT molecular complexity index is 327. The SMILES string of the molecule is Cc1cnc(Cl)nc1OC1CCOC1. The zero-order chi connectivity index (χ0) is 9.97. The molecule has 2 rings (SSSR count). The second-order valence-electron chi connectivity index (χ2n) is 3.23. The van der Waals surface area contributed by atoms with Gasteiger partial charge in [-0.1, -0.05) is 0 Å². The van der Waals surface area contributed by atoms with Crippen molar-refractivity contribution in [2.45, 2.75) is 19.4 Å². The van der Waals surface area contributed by atoms with Crippen LogP contribution in [0.4, 0.5) is 0 Å². The van der Waals surface area contributed by atoms with Gasteiger partial charge in [0.2, 0.25) is 11.2 Å². The molecule has 1 aliphatic rings. The maximum absolute atomic E-state index is 5.67. The number of nitrogens with zero attached hydrogens (tertiary/aromatic N) is 2. The van der Waals surface area contributed by atoms with Crippen molar-refractivity contribution in [2.24, 2.45) is 0 Å². The zero-order valence-corrected chi connectivity index (χ0v) is 8.62. The topological polar surface area (TPSA) is 44.2 Å². The number of ether oxygens (including phenoxy) is 2. The summed E-state index contributed by atoms with van der Waals surface area (Å²) < 4.78 is 10.8. The first kappa shape index (κ1) is 9.68. The number of hydrogen-bond acceptors (Lipinski definition) is 4. The van der Waals surface area contributed by atoms with Crippen molar-refractivity contribution < 1.29 is 9.47 Å². The van der Waals surface area contributed by atoms with Gasteiger partial charge in [-0.15, -0.1) is 0 Å². The van der Waals surface area contributed by atoms with Crippen molar-refractivity contribution in [3.63, 3.8) is 0 Å². The van der Waals surface area contributed by atoms with E-state index in [-0.39, 0.29) is 11.4 Å². The minimum absolute atomic E-state index is 0.0969. The maximum Gasteiger partial charge on any atom is 0.225 e. The van der Waals surface area contributed by atoms with E-state index in [1.165, 1.54) is 0 Å². The summed E-state index contributed by atoms with van der Waals surface area (Å²) in [6, 6.07) is 0. The van der Waals surface area contributed by atoms with Crippen molar-refractivity contribution in [3.05, 3.63) is 17.0 Å². The monoisotopic (exact) mass is 214 g/mol. The normalized spacial score (nSPS) is 21.1. The van der Waals surface area contributed by atoms with Gasteiger partial charge in [0.1, 0.15) is 6.10 Å². The number of hydrogen-bond donors (Lipinski definition) is 0. The zero-order valence-electron chi connectivity index (χ0n) is 7.86. The molecule has 0 N–H and O–H groups in total. The Morgan fingerprint density at radius 2 is 2.50 bits per heavy atom. The Balaban J connectivity index is 2.10. The molecule has 4 nitrogen and oxygen atoms in total. The minimum Gasteiger partial charge on any atom is -0.472 e. The van der Waals surface area contributed by atoms with Gasteiger partial charge in [0.05, 0.1) is 13.2 Å². The molecule has 0 aliphatic carbocycles. The molecule has 1 aromatic heterocycles. The lowest BCUT2D eigenvalue weighted by atomic mass is 10.3. The molecule has 5 heteroatoms. The lowest BCUT2D eigenvalue weighted by Gasteiger charge is -2.12. The summed E-state index contributed by atoms with van der Waals surface area (Å²) in [5, 5.41) is 0.213. The lowest BCUT2D eigenvalue weighted by Crippen LogP contribution is -2.17. The smallest absolute Gasteiger partial charge is 0.225 e. The van der Waals surface area contributed by atoms with Gasteiger partial charge in [-0.3, -0.25) is 0 Å². The van der Waals surface area contributed by atoms with Crippen LogP contribution in [0.5, 0.6) is 5.88 Å². The molecule has 1 aromatic rings. The van der Waals surface area contributed by atoms with Gasteiger partial charge >= 0.3 is 0 Å². The average molecular weight is 215 g/mol. The van der Waals surface area contributed by atoms with Crippen LogP contribution in [0.3, 0.4) is 0 Å². The van der Waals surface area contributed by atoms with E-state index >= 15 is 0 Å². The predicted molar refractivity (Wildman–Crippen MR) is 51.6 cm³/mol. The highest BCUT2D eigenvalue weighted by Crippen LogP contribution is 2.19. The van der Waals surface area contributed by atoms with Gasteiger partial charge in [-0.25, -0.2) is 4.98 Å². The van der Waals surface area contributed by atoms with E-state index in [4.69, 9.17) is 21.1 Å². The molecule has 0 radical (unpaired) electrons. The van der Waals surface area contributed by atoms with Crippen LogP contribution in [0.1, 0.15) is 12.0 Å². The molecule has 1 unspecified atom stereocenters. The van der Waals surface area contributed by atoms with Gasteiger partial charge in [0.15, 0.2) is 0 Å². The van der Waals surface area contributed by atoms with E-state index in [2.05, 4.69) is 9.97 Å². The fourth-order valence-electron chi connectivity index (χ4n) is 1.29. The Morgan fingerprint density at radius 3 is 3.21 bits per heavy atom. The van der Waals surface area contributed by atoms with E-state index in [9.17, 15) is 0 Å². The van der Waals surface area contributed by atoms with Gasteiger partial charge < -0.3 is 9.47 Å². The molecule has 2 heterocycles. The van der Waals surface area contributed by atoms with Crippen molar-refractivity contribution >= 4 is 11.6 Å². The van der Waals surface area contributed by atoms with E-state index in [1.54, 1.807) is 6.20 Å². The minimum atomic E-state index is 0.0969. The van der Waals surface area contributed by atoms with Crippen LogP contribution in [-0.2, 0) is 4.74 Å². The molecule has 0 amide bonds. The summed E-state index contributed by atoms with van der Waals surface area (Å²) in [6.45, 7) is 3.27. The van der Waals surface area contributed by atoms with Crippen LogP contribution in [0, 0.1) is 6.92 Å². The maximum atomic E-state index is 5.67. The van der Waals surface area contributed by atoms with Gasteiger partial charge in [0, 0.05) is 18.2 Å². The first-order valence-electron chi connectivity index (χ1n) is 4.49. The Labute approximate surface area is 87.2 Å². The van der Waals surface area contributed by atoms with Crippen LogP contribution in [0.2, 0.25) is 5.28 Å². The summed E-state index contributed by atoms with van der Waals surface area (Å²) in [7, 11) is 0. The van der Waals surface area contributed by atoms with Gasteiger partial charge in [0.25, 0.3) is 0 Å². The van der Waals surface area contributed by atoms with Crippen molar-refractivity contribution in [2.75, 3.05) is 13.2 Å². The van der Waals surface area contributed by atoms with Crippen LogP contribution < -0.4 is 4.74 Å². The third-order valence-corrected chi connectivity index (χ3v) is 2.24. The van der Waals surface area contributed by atoms with Crippen LogP contribution in [0.25, 0.3) is 0 Å². The first-order chi connectivity index (χ1) is 6.75. The molecule has 0 bridgehead atoms. The van der Waals surface area contributed by atoms with Crippen LogP contribution in [0.15, 0.2) is 6.20 Å². The molecule has 0 saturated carbocycles. The molecule has 1 saturated heterocycles. The van der Waals surface area contributed by atoms with E-state index in [1.807, 2.05) is 6.92 Å². The quantitative estimate of drug-likeness (QED) is 0.702. The van der Waals surface area contributed by atoms with Gasteiger partial charge in [-0.05, 0) is 18.5 Å². The molecule has 14 heavy (non-hydrogen) atoms. The Morgan fingerprint density at radius 1 is 1.64 bits per heavy atom. The number of aryl methyl sites for hydroxylation is 1. The molecule has 1 atom stereocenters. The molecular formula is C9H11ClN2O2. The Hall–Kier alpha value is -0.870. The van der Waals surface area contributed by atoms with E-state index in [0.717, 1.165) is 18.6 Å². The fourth-order valence-corrected chi connectivity index (χ4v) is 1.41. The highest BCUT2D eigenvalue weighted by Gasteiger charge is 2.18. The van der Waals surface area contributed by atoms with Crippen molar-refractivity contribution in [1.82, 2.24) is 9.97 Å². The molecule has 1 aliphatic heterocycles. The second kappa shape index (κ2) is 4.11. The molecule has 76 valence electrons. The third kappa shape index (κ3) is 2.13.